The highest BCUT2D eigenvalue weighted by atomic mass is 16.3. The normalized spacial score (nSPS) is 11.1. The van der Waals surface area contributed by atoms with Crippen molar-refractivity contribution in [2.75, 3.05) is 0 Å². The number of nitrogens with zero attached hydrogens (tertiary/aromatic N) is 3. The summed E-state index contributed by atoms with van der Waals surface area (Å²) < 4.78 is 6.12. The van der Waals surface area contributed by atoms with E-state index in [1.54, 1.807) is 0 Å². The highest BCUT2D eigenvalue weighted by molar-refractivity contribution is 6.06. The fourth-order valence-electron chi connectivity index (χ4n) is 5.82. The van der Waals surface area contributed by atoms with Gasteiger partial charge in [0.15, 0.2) is 5.82 Å². The predicted octanol–water partition coefficient (Wildman–Crippen LogP) is 10.6. The van der Waals surface area contributed by atoms with E-state index in [4.69, 9.17) is 14.4 Å². The molecule has 45 heavy (non-hydrogen) atoms. The van der Waals surface area contributed by atoms with Crippen LogP contribution in [-0.2, 0) is 0 Å². The van der Waals surface area contributed by atoms with Crippen molar-refractivity contribution in [3.8, 4) is 62.2 Å². The zero-order valence-electron chi connectivity index (χ0n) is 24.2. The lowest BCUT2D eigenvalue weighted by molar-refractivity contribution is 0.669. The Morgan fingerprint density at radius 1 is 0.422 bits per heavy atom. The fraction of sp³-hybridized carbons (Fsp3) is 0. The monoisotopic (exact) mass is 575 g/mol. The van der Waals surface area contributed by atoms with Crippen LogP contribution in [-0.4, -0.2) is 9.97 Å². The number of hydrogen-bond donors (Lipinski definition) is 0. The molecular weight excluding hydrogens is 550 g/mol. The Morgan fingerprint density at radius 3 is 1.73 bits per heavy atom. The number of hydrogen-bond acceptors (Lipinski definition) is 4. The molecule has 0 N–H and O–H groups in total. The highest BCUT2D eigenvalue weighted by Crippen LogP contribution is 2.37. The Hall–Kier alpha value is -6.31. The zero-order valence-corrected chi connectivity index (χ0v) is 24.2. The summed E-state index contributed by atoms with van der Waals surface area (Å²) in [7, 11) is 0. The topological polar surface area (TPSA) is 62.7 Å². The molecule has 4 nitrogen and oxygen atoms in total. The summed E-state index contributed by atoms with van der Waals surface area (Å²) in [5.74, 6) is 0.644. The number of rotatable bonds is 5. The van der Waals surface area contributed by atoms with Crippen molar-refractivity contribution in [3.63, 3.8) is 0 Å². The molecule has 4 heteroatoms. The zero-order chi connectivity index (χ0) is 30.2. The second kappa shape index (κ2) is 11.1. The first-order chi connectivity index (χ1) is 22.2. The molecule has 0 aliphatic heterocycles. The molecule has 2 heterocycles. The van der Waals surface area contributed by atoms with Gasteiger partial charge >= 0.3 is 0 Å². The molecule has 8 aromatic rings. The van der Waals surface area contributed by atoms with Crippen LogP contribution in [0.15, 0.2) is 156 Å². The van der Waals surface area contributed by atoms with Gasteiger partial charge in [-0.15, -0.1) is 0 Å². The molecule has 210 valence electrons. The summed E-state index contributed by atoms with van der Waals surface area (Å²) in [6.45, 7) is 0. The van der Waals surface area contributed by atoms with Gasteiger partial charge < -0.3 is 4.42 Å². The Balaban J connectivity index is 1.34. The molecule has 0 unspecified atom stereocenters. The van der Waals surface area contributed by atoms with Gasteiger partial charge in [0.1, 0.15) is 11.2 Å². The molecule has 0 bridgehead atoms. The van der Waals surface area contributed by atoms with Gasteiger partial charge in [0.25, 0.3) is 0 Å². The van der Waals surface area contributed by atoms with Crippen LogP contribution in [0.1, 0.15) is 5.56 Å². The maximum Gasteiger partial charge on any atom is 0.160 e. The third-order valence-corrected chi connectivity index (χ3v) is 8.11. The van der Waals surface area contributed by atoms with Crippen LogP contribution in [0, 0.1) is 11.3 Å². The third kappa shape index (κ3) is 5.03. The molecule has 0 aliphatic carbocycles. The van der Waals surface area contributed by atoms with Crippen molar-refractivity contribution < 1.29 is 4.42 Å². The lowest BCUT2D eigenvalue weighted by atomic mass is 9.94. The van der Waals surface area contributed by atoms with Crippen LogP contribution >= 0.6 is 0 Å². The maximum atomic E-state index is 9.34. The van der Waals surface area contributed by atoms with E-state index in [9.17, 15) is 5.26 Å². The summed E-state index contributed by atoms with van der Waals surface area (Å²) >= 11 is 0. The Kier molecular flexibility index (Phi) is 6.48. The van der Waals surface area contributed by atoms with E-state index in [0.717, 1.165) is 72.3 Å². The summed E-state index contributed by atoms with van der Waals surface area (Å²) in [6, 6.07) is 53.4. The van der Waals surface area contributed by atoms with E-state index in [0.29, 0.717) is 11.4 Å². The average molecular weight is 576 g/mol. The maximum absolute atomic E-state index is 9.34. The van der Waals surface area contributed by atoms with Crippen LogP contribution in [0.2, 0.25) is 0 Å². The van der Waals surface area contributed by atoms with Crippen LogP contribution in [0.3, 0.4) is 0 Å². The van der Waals surface area contributed by atoms with Gasteiger partial charge in [-0.05, 0) is 76.9 Å². The second-order valence-electron chi connectivity index (χ2n) is 11.0. The first-order valence-corrected chi connectivity index (χ1v) is 14.8. The molecule has 0 saturated heterocycles. The minimum atomic E-state index is 0.610. The van der Waals surface area contributed by atoms with E-state index >= 15 is 0 Å². The van der Waals surface area contributed by atoms with E-state index in [2.05, 4.69) is 72.8 Å². The summed E-state index contributed by atoms with van der Waals surface area (Å²) in [6.07, 6.45) is 0. The minimum Gasteiger partial charge on any atom is -0.456 e. The van der Waals surface area contributed by atoms with Gasteiger partial charge in [0, 0.05) is 27.5 Å². The van der Waals surface area contributed by atoms with E-state index < -0.39 is 0 Å². The number of aromatic nitrogens is 2. The van der Waals surface area contributed by atoms with E-state index in [-0.39, 0.29) is 0 Å². The summed E-state index contributed by atoms with van der Waals surface area (Å²) in [5, 5.41) is 11.5. The predicted molar refractivity (Wildman–Crippen MR) is 181 cm³/mol. The Morgan fingerprint density at radius 2 is 1.00 bits per heavy atom. The summed E-state index contributed by atoms with van der Waals surface area (Å²) in [4.78, 5) is 10.1. The molecule has 0 spiro atoms. The van der Waals surface area contributed by atoms with Gasteiger partial charge in [-0.2, -0.15) is 5.26 Å². The van der Waals surface area contributed by atoms with E-state index in [1.165, 1.54) is 0 Å². The van der Waals surface area contributed by atoms with Gasteiger partial charge in [0.05, 0.1) is 23.0 Å². The van der Waals surface area contributed by atoms with Gasteiger partial charge in [0.2, 0.25) is 0 Å². The molecule has 2 aromatic heterocycles. The first kappa shape index (κ1) is 26.3. The van der Waals surface area contributed by atoms with Gasteiger partial charge in [-0.1, -0.05) is 97.1 Å². The molecule has 0 amide bonds. The Labute approximate surface area is 260 Å². The molecule has 0 radical (unpaired) electrons. The molecule has 6 aromatic carbocycles. The number of nitriles is 1. The van der Waals surface area contributed by atoms with Gasteiger partial charge in [-0.25, -0.2) is 9.97 Å². The quantitative estimate of drug-likeness (QED) is 0.205. The Bertz CT molecular complexity index is 2370. The largest absolute Gasteiger partial charge is 0.456 e. The molecule has 0 atom stereocenters. The number of furan rings is 1. The number of fused-ring (bicyclic) bond motifs is 3. The SMILES string of the molecule is N#Cc1ccc(-c2cc(-c3cc(-c4ccccc4)cc(-c4ccc5oc6ccccc6c5c4)c3)nc(-c3ccccc3)n2)cc1. The standard InChI is InChI=1S/C41H25N3O/c42-26-27-15-17-29(18-16-27)37-25-38(44-41(43-37)30-11-5-2-6-12-30)34-22-32(28-9-3-1-4-10-28)21-33(23-34)31-19-20-40-36(24-31)35-13-7-8-14-39(35)45-40/h1-25H. The first-order valence-electron chi connectivity index (χ1n) is 14.8. The van der Waals surface area contributed by atoms with Gasteiger partial charge in [-0.3, -0.25) is 0 Å². The van der Waals surface area contributed by atoms with Crippen LogP contribution in [0.25, 0.3) is 78.1 Å². The molecule has 0 aliphatic rings. The van der Waals surface area contributed by atoms with Crippen LogP contribution in [0.5, 0.6) is 0 Å². The molecule has 0 fully saturated rings. The van der Waals surface area contributed by atoms with Crippen molar-refractivity contribution >= 4 is 21.9 Å². The van der Waals surface area contributed by atoms with Crippen molar-refractivity contribution in [1.29, 1.82) is 5.26 Å². The van der Waals surface area contributed by atoms with Crippen LogP contribution < -0.4 is 0 Å². The lowest BCUT2D eigenvalue weighted by Crippen LogP contribution is -1.96. The molecular formula is C41H25N3O. The second-order valence-corrected chi connectivity index (χ2v) is 11.0. The average Bonchev–Trinajstić information content (AvgIpc) is 3.50. The fourth-order valence-corrected chi connectivity index (χ4v) is 5.82. The number of benzene rings is 6. The highest BCUT2D eigenvalue weighted by Gasteiger charge is 2.15. The number of para-hydroxylation sites is 1. The smallest absolute Gasteiger partial charge is 0.160 e. The van der Waals surface area contributed by atoms with Crippen LogP contribution in [0.4, 0.5) is 0 Å². The van der Waals surface area contributed by atoms with Crippen molar-refractivity contribution in [1.82, 2.24) is 9.97 Å². The van der Waals surface area contributed by atoms with Crippen molar-refractivity contribution in [2.45, 2.75) is 0 Å². The third-order valence-electron chi connectivity index (χ3n) is 8.11. The molecule has 8 rings (SSSR count). The van der Waals surface area contributed by atoms with Crippen molar-refractivity contribution in [2.24, 2.45) is 0 Å². The van der Waals surface area contributed by atoms with Crippen molar-refractivity contribution in [3.05, 3.63) is 157 Å². The lowest BCUT2D eigenvalue weighted by Gasteiger charge is -2.13. The van der Waals surface area contributed by atoms with E-state index in [1.807, 2.05) is 84.9 Å². The summed E-state index contributed by atoms with van der Waals surface area (Å²) in [5.41, 5.74) is 11.2. The molecule has 0 saturated carbocycles. The minimum absolute atomic E-state index is 0.610.